The minimum atomic E-state index is -0.832. The summed E-state index contributed by atoms with van der Waals surface area (Å²) in [5.74, 6) is 0.528. The summed E-state index contributed by atoms with van der Waals surface area (Å²) in [4.78, 5) is 20.1. The molecule has 0 amide bonds. The standard InChI is InChI=1S/C16H14Cl2N4O4/c17-10-3-1-9(2-4-10)12(24)5-13-20-15(26-21-13)7-22-14(8-23)19-6-11(18)16(22)25/h1-4,6,12,23-24H,5,7-8H2/t12-/m0/s1. The Balaban J connectivity index is 1.75. The number of aliphatic hydroxyl groups excluding tert-OH is 2. The van der Waals surface area contributed by atoms with E-state index in [1.165, 1.54) is 6.20 Å². The molecule has 1 aromatic carbocycles. The Labute approximate surface area is 157 Å². The minimum absolute atomic E-state index is 0.0832. The lowest BCUT2D eigenvalue weighted by Gasteiger charge is -2.08. The van der Waals surface area contributed by atoms with Gasteiger partial charge in [0, 0.05) is 11.4 Å². The Hall–Kier alpha value is -2.26. The first-order valence-corrected chi connectivity index (χ1v) is 8.33. The Morgan fingerprint density at radius 3 is 2.65 bits per heavy atom. The van der Waals surface area contributed by atoms with E-state index in [0.717, 1.165) is 4.57 Å². The zero-order valence-electron chi connectivity index (χ0n) is 13.3. The van der Waals surface area contributed by atoms with Crippen LogP contribution in [-0.4, -0.2) is 29.9 Å². The van der Waals surface area contributed by atoms with Gasteiger partial charge in [-0.05, 0) is 17.7 Å². The molecule has 0 saturated carbocycles. The number of hydrogen-bond donors (Lipinski definition) is 2. The molecule has 0 bridgehead atoms. The van der Waals surface area contributed by atoms with E-state index in [1.54, 1.807) is 24.3 Å². The van der Waals surface area contributed by atoms with Crippen molar-refractivity contribution in [2.45, 2.75) is 25.7 Å². The summed E-state index contributed by atoms with van der Waals surface area (Å²) in [5.41, 5.74) is 0.144. The van der Waals surface area contributed by atoms with E-state index in [0.29, 0.717) is 10.6 Å². The van der Waals surface area contributed by atoms with Gasteiger partial charge >= 0.3 is 0 Å². The van der Waals surface area contributed by atoms with Gasteiger partial charge in [0.05, 0.1) is 12.3 Å². The number of aromatic nitrogens is 4. The zero-order valence-corrected chi connectivity index (χ0v) is 14.9. The summed E-state index contributed by atoms with van der Waals surface area (Å²) < 4.78 is 6.26. The first kappa shape index (κ1) is 18.5. The second-order valence-electron chi connectivity index (χ2n) is 5.45. The van der Waals surface area contributed by atoms with Crippen molar-refractivity contribution in [3.05, 3.63) is 74.0 Å². The number of rotatable bonds is 6. The average Bonchev–Trinajstić information content (AvgIpc) is 3.07. The molecule has 3 rings (SSSR count). The molecule has 0 fully saturated rings. The van der Waals surface area contributed by atoms with E-state index in [9.17, 15) is 15.0 Å². The Bertz CT molecular complexity index is 956. The molecule has 0 aliphatic carbocycles. The van der Waals surface area contributed by atoms with E-state index in [-0.39, 0.29) is 35.5 Å². The first-order chi connectivity index (χ1) is 12.5. The maximum Gasteiger partial charge on any atom is 0.272 e. The molecule has 0 aliphatic heterocycles. The minimum Gasteiger partial charge on any atom is -0.388 e. The van der Waals surface area contributed by atoms with Gasteiger partial charge in [0.1, 0.15) is 24.0 Å². The van der Waals surface area contributed by atoms with E-state index in [1.807, 2.05) is 0 Å². The topological polar surface area (TPSA) is 114 Å². The summed E-state index contributed by atoms with van der Waals surface area (Å²) >= 11 is 11.6. The zero-order chi connectivity index (χ0) is 18.7. The van der Waals surface area contributed by atoms with Crippen LogP contribution < -0.4 is 5.56 Å². The number of benzene rings is 1. The summed E-state index contributed by atoms with van der Waals surface area (Å²) in [7, 11) is 0. The molecule has 3 aromatic rings. The largest absolute Gasteiger partial charge is 0.388 e. The Kier molecular flexibility index (Phi) is 5.67. The highest BCUT2D eigenvalue weighted by molar-refractivity contribution is 6.30. The predicted molar refractivity (Wildman–Crippen MR) is 92.9 cm³/mol. The fourth-order valence-electron chi connectivity index (χ4n) is 2.34. The van der Waals surface area contributed by atoms with E-state index >= 15 is 0 Å². The fourth-order valence-corrected chi connectivity index (χ4v) is 2.62. The number of nitrogens with zero attached hydrogens (tertiary/aromatic N) is 4. The number of hydrogen-bond acceptors (Lipinski definition) is 7. The van der Waals surface area contributed by atoms with Gasteiger partial charge in [-0.25, -0.2) is 4.98 Å². The molecular formula is C16H14Cl2N4O4. The maximum absolute atomic E-state index is 12.1. The van der Waals surface area contributed by atoms with Gasteiger partial charge in [-0.1, -0.05) is 40.5 Å². The molecule has 0 aliphatic rings. The van der Waals surface area contributed by atoms with Crippen molar-refractivity contribution in [2.75, 3.05) is 0 Å². The molecule has 0 saturated heterocycles. The highest BCUT2D eigenvalue weighted by atomic mass is 35.5. The molecule has 26 heavy (non-hydrogen) atoms. The molecule has 10 heteroatoms. The van der Waals surface area contributed by atoms with E-state index < -0.39 is 18.3 Å². The van der Waals surface area contributed by atoms with Crippen molar-refractivity contribution in [1.29, 1.82) is 0 Å². The normalized spacial score (nSPS) is 12.3. The van der Waals surface area contributed by atoms with Crippen molar-refractivity contribution in [3.8, 4) is 0 Å². The van der Waals surface area contributed by atoms with Crippen LogP contribution in [0.4, 0.5) is 0 Å². The highest BCUT2D eigenvalue weighted by Gasteiger charge is 2.16. The lowest BCUT2D eigenvalue weighted by Crippen LogP contribution is -2.26. The average molecular weight is 397 g/mol. The quantitative estimate of drug-likeness (QED) is 0.651. The molecule has 1 atom stereocenters. The van der Waals surface area contributed by atoms with Gasteiger partial charge < -0.3 is 14.7 Å². The van der Waals surface area contributed by atoms with Gasteiger partial charge in [0.25, 0.3) is 5.56 Å². The van der Waals surface area contributed by atoms with Crippen LogP contribution in [0.3, 0.4) is 0 Å². The van der Waals surface area contributed by atoms with Crippen LogP contribution >= 0.6 is 23.2 Å². The van der Waals surface area contributed by atoms with Crippen molar-refractivity contribution in [3.63, 3.8) is 0 Å². The van der Waals surface area contributed by atoms with E-state index in [2.05, 4.69) is 15.1 Å². The van der Waals surface area contributed by atoms with Crippen molar-refractivity contribution in [1.82, 2.24) is 19.7 Å². The number of aliphatic hydroxyl groups is 2. The third-order valence-corrected chi connectivity index (χ3v) is 4.17. The SMILES string of the molecule is O=c1c(Cl)cnc(CO)n1Cc1nc(C[C@H](O)c2ccc(Cl)cc2)no1. The molecule has 2 aromatic heterocycles. The monoisotopic (exact) mass is 396 g/mol. The first-order valence-electron chi connectivity index (χ1n) is 7.58. The van der Waals surface area contributed by atoms with Crippen LogP contribution in [0.5, 0.6) is 0 Å². The van der Waals surface area contributed by atoms with Gasteiger partial charge in [0.15, 0.2) is 5.82 Å². The Morgan fingerprint density at radius 2 is 1.96 bits per heavy atom. The van der Waals surface area contributed by atoms with Crippen LogP contribution in [0, 0.1) is 0 Å². The summed E-state index contributed by atoms with van der Waals surface area (Å²) in [6.07, 6.45) is 0.468. The molecular weight excluding hydrogens is 383 g/mol. The molecule has 0 unspecified atom stereocenters. The molecule has 2 heterocycles. The van der Waals surface area contributed by atoms with Crippen LogP contribution in [-0.2, 0) is 19.6 Å². The maximum atomic E-state index is 12.1. The molecule has 0 spiro atoms. The van der Waals surface area contributed by atoms with Gasteiger partial charge in [-0.2, -0.15) is 4.98 Å². The smallest absolute Gasteiger partial charge is 0.272 e. The highest BCUT2D eigenvalue weighted by Crippen LogP contribution is 2.19. The van der Waals surface area contributed by atoms with Crippen LogP contribution in [0.1, 0.15) is 29.2 Å². The second-order valence-corrected chi connectivity index (χ2v) is 6.29. The van der Waals surface area contributed by atoms with Crippen molar-refractivity contribution in [2.24, 2.45) is 0 Å². The molecule has 136 valence electrons. The fraction of sp³-hybridized carbons (Fsp3) is 0.250. The summed E-state index contributed by atoms with van der Waals surface area (Å²) in [6.45, 7) is -0.533. The third-order valence-electron chi connectivity index (χ3n) is 3.66. The number of halogens is 2. The second kappa shape index (κ2) is 7.96. The van der Waals surface area contributed by atoms with Crippen LogP contribution in [0.2, 0.25) is 10.0 Å². The Morgan fingerprint density at radius 1 is 1.23 bits per heavy atom. The summed E-state index contributed by atoms with van der Waals surface area (Å²) in [5, 5.41) is 23.8. The van der Waals surface area contributed by atoms with Crippen LogP contribution in [0.15, 0.2) is 39.8 Å². The van der Waals surface area contributed by atoms with Gasteiger partial charge in [0.2, 0.25) is 5.89 Å². The molecule has 0 radical (unpaired) electrons. The predicted octanol–water partition coefficient (Wildman–Crippen LogP) is 1.75. The van der Waals surface area contributed by atoms with Crippen molar-refractivity contribution < 1.29 is 14.7 Å². The summed E-state index contributed by atoms with van der Waals surface area (Å²) in [6, 6.07) is 6.77. The van der Waals surface area contributed by atoms with Crippen molar-refractivity contribution >= 4 is 23.2 Å². The third kappa shape index (κ3) is 4.10. The molecule has 2 N–H and O–H groups in total. The van der Waals surface area contributed by atoms with Gasteiger partial charge in [-0.15, -0.1) is 0 Å². The lowest BCUT2D eigenvalue weighted by molar-refractivity contribution is 0.174. The van der Waals surface area contributed by atoms with Gasteiger partial charge in [-0.3, -0.25) is 9.36 Å². The lowest BCUT2D eigenvalue weighted by atomic mass is 10.1. The van der Waals surface area contributed by atoms with Crippen LogP contribution in [0.25, 0.3) is 0 Å². The molecule has 8 nitrogen and oxygen atoms in total. The van der Waals surface area contributed by atoms with E-state index in [4.69, 9.17) is 27.7 Å².